The minimum Gasteiger partial charge on any atom is -0.478 e. The summed E-state index contributed by atoms with van der Waals surface area (Å²) in [5, 5.41) is 17.3. The van der Waals surface area contributed by atoms with Gasteiger partial charge in [-0.15, -0.1) is 10.2 Å². The zero-order chi connectivity index (χ0) is 13.2. The highest BCUT2D eigenvalue weighted by molar-refractivity contribution is 7.99. The van der Waals surface area contributed by atoms with Gasteiger partial charge in [-0.1, -0.05) is 0 Å². The first kappa shape index (κ1) is 12.5. The summed E-state index contributed by atoms with van der Waals surface area (Å²) in [6.45, 7) is 0. The summed E-state index contributed by atoms with van der Waals surface area (Å²) in [4.78, 5) is 11.0. The second-order valence-corrected chi connectivity index (χ2v) is 6.05. The van der Waals surface area contributed by atoms with Gasteiger partial charge in [0.15, 0.2) is 5.65 Å². The standard InChI is InChI=1S/C13H15N3O2S/c17-13(18)10-1-2-11-14-15-12(16(11)8-10)7-9-3-5-19-6-4-9/h1-2,8-9H,3-7H2,(H,17,18). The molecule has 0 unspecified atom stereocenters. The van der Waals surface area contributed by atoms with Crippen molar-refractivity contribution in [2.24, 2.45) is 5.92 Å². The third kappa shape index (κ3) is 2.58. The van der Waals surface area contributed by atoms with E-state index >= 15 is 0 Å². The Morgan fingerprint density at radius 2 is 2.16 bits per heavy atom. The van der Waals surface area contributed by atoms with Gasteiger partial charge < -0.3 is 5.11 Å². The van der Waals surface area contributed by atoms with Gasteiger partial charge in [0, 0.05) is 12.6 Å². The minimum absolute atomic E-state index is 0.271. The summed E-state index contributed by atoms with van der Waals surface area (Å²) < 4.78 is 1.81. The van der Waals surface area contributed by atoms with Crippen LogP contribution in [-0.4, -0.2) is 37.2 Å². The second kappa shape index (κ2) is 5.21. The van der Waals surface area contributed by atoms with Crippen LogP contribution in [0.15, 0.2) is 18.3 Å². The average molecular weight is 277 g/mol. The van der Waals surface area contributed by atoms with E-state index in [0.29, 0.717) is 11.6 Å². The van der Waals surface area contributed by atoms with E-state index in [1.807, 2.05) is 16.2 Å². The molecular weight excluding hydrogens is 262 g/mol. The maximum absolute atomic E-state index is 11.0. The predicted molar refractivity (Wildman–Crippen MR) is 73.7 cm³/mol. The Bertz CT molecular complexity index is 605. The van der Waals surface area contributed by atoms with E-state index in [9.17, 15) is 4.79 Å². The second-order valence-electron chi connectivity index (χ2n) is 4.83. The van der Waals surface area contributed by atoms with Gasteiger partial charge in [0.1, 0.15) is 5.82 Å². The van der Waals surface area contributed by atoms with E-state index in [0.717, 1.165) is 12.2 Å². The Kier molecular flexibility index (Phi) is 3.42. The maximum Gasteiger partial charge on any atom is 0.337 e. The molecule has 0 radical (unpaired) electrons. The first-order valence-corrected chi connectivity index (χ1v) is 7.54. The highest BCUT2D eigenvalue weighted by atomic mass is 32.2. The maximum atomic E-state index is 11.0. The first-order valence-electron chi connectivity index (χ1n) is 6.39. The van der Waals surface area contributed by atoms with Crippen LogP contribution >= 0.6 is 11.8 Å². The zero-order valence-electron chi connectivity index (χ0n) is 10.5. The molecule has 1 saturated heterocycles. The molecular formula is C13H15N3O2S. The van der Waals surface area contributed by atoms with Crippen molar-refractivity contribution in [3.05, 3.63) is 29.7 Å². The lowest BCUT2D eigenvalue weighted by molar-refractivity contribution is 0.0696. The molecule has 5 nitrogen and oxygen atoms in total. The van der Waals surface area contributed by atoms with Gasteiger partial charge in [0.25, 0.3) is 0 Å². The van der Waals surface area contributed by atoms with Gasteiger partial charge in [0.05, 0.1) is 5.56 Å². The lowest BCUT2D eigenvalue weighted by Gasteiger charge is -2.20. The molecule has 0 aromatic carbocycles. The van der Waals surface area contributed by atoms with Gasteiger partial charge in [-0.25, -0.2) is 4.79 Å². The van der Waals surface area contributed by atoms with Crippen LogP contribution in [0.1, 0.15) is 29.0 Å². The number of carbonyl (C=O) groups is 1. The van der Waals surface area contributed by atoms with Gasteiger partial charge in [-0.05, 0) is 42.4 Å². The van der Waals surface area contributed by atoms with Crippen molar-refractivity contribution in [3.8, 4) is 0 Å². The number of hydrogen-bond acceptors (Lipinski definition) is 4. The van der Waals surface area contributed by atoms with Gasteiger partial charge >= 0.3 is 5.97 Å². The van der Waals surface area contributed by atoms with Gasteiger partial charge in [-0.2, -0.15) is 11.8 Å². The number of rotatable bonds is 3. The lowest BCUT2D eigenvalue weighted by Crippen LogP contribution is -2.14. The minimum atomic E-state index is -0.921. The molecule has 0 aliphatic carbocycles. The number of carboxylic acid groups (broad SMARTS) is 1. The number of nitrogens with zero attached hydrogens (tertiary/aromatic N) is 3. The molecule has 3 rings (SSSR count). The van der Waals surface area contributed by atoms with Crippen molar-refractivity contribution in [3.63, 3.8) is 0 Å². The number of aromatic carboxylic acids is 1. The van der Waals surface area contributed by atoms with E-state index in [2.05, 4.69) is 10.2 Å². The van der Waals surface area contributed by atoms with Gasteiger partial charge in [0.2, 0.25) is 0 Å². The zero-order valence-corrected chi connectivity index (χ0v) is 11.3. The van der Waals surface area contributed by atoms with Crippen LogP contribution in [0.2, 0.25) is 0 Å². The third-order valence-electron chi connectivity index (χ3n) is 3.53. The van der Waals surface area contributed by atoms with Crippen molar-refractivity contribution in [1.82, 2.24) is 14.6 Å². The van der Waals surface area contributed by atoms with Gasteiger partial charge in [-0.3, -0.25) is 4.40 Å². The Morgan fingerprint density at radius 1 is 1.37 bits per heavy atom. The molecule has 2 aromatic rings. The average Bonchev–Trinajstić information content (AvgIpc) is 2.82. The van der Waals surface area contributed by atoms with E-state index in [1.54, 1.807) is 18.3 Å². The molecule has 0 bridgehead atoms. The van der Waals surface area contributed by atoms with Crippen LogP contribution in [0.5, 0.6) is 0 Å². The monoisotopic (exact) mass is 277 g/mol. The highest BCUT2D eigenvalue weighted by Crippen LogP contribution is 2.25. The van der Waals surface area contributed by atoms with Crippen molar-refractivity contribution >= 4 is 23.4 Å². The number of aromatic nitrogens is 3. The molecule has 0 spiro atoms. The molecule has 1 aliphatic rings. The van der Waals surface area contributed by atoms with E-state index < -0.39 is 5.97 Å². The number of hydrogen-bond donors (Lipinski definition) is 1. The third-order valence-corrected chi connectivity index (χ3v) is 4.58. The summed E-state index contributed by atoms with van der Waals surface area (Å²) in [6.07, 6.45) is 4.91. The molecule has 6 heteroatoms. The van der Waals surface area contributed by atoms with Crippen LogP contribution in [0.25, 0.3) is 5.65 Å². The fourth-order valence-electron chi connectivity index (χ4n) is 2.41. The Labute approximate surface area is 115 Å². The topological polar surface area (TPSA) is 67.5 Å². The van der Waals surface area contributed by atoms with E-state index in [-0.39, 0.29) is 5.56 Å². The first-order chi connectivity index (χ1) is 9.24. The molecule has 1 aliphatic heterocycles. The van der Waals surface area contributed by atoms with E-state index in [1.165, 1.54) is 24.3 Å². The van der Waals surface area contributed by atoms with E-state index in [4.69, 9.17) is 5.11 Å². The molecule has 0 atom stereocenters. The molecule has 0 saturated carbocycles. The number of fused-ring (bicyclic) bond motifs is 1. The largest absolute Gasteiger partial charge is 0.478 e. The Balaban J connectivity index is 1.89. The van der Waals surface area contributed by atoms with Crippen LogP contribution in [0, 0.1) is 5.92 Å². The highest BCUT2D eigenvalue weighted by Gasteiger charge is 2.17. The van der Waals surface area contributed by atoms with Crippen molar-refractivity contribution in [1.29, 1.82) is 0 Å². The lowest BCUT2D eigenvalue weighted by atomic mass is 9.98. The quantitative estimate of drug-likeness (QED) is 0.930. The number of pyridine rings is 1. The molecule has 3 heterocycles. The smallest absolute Gasteiger partial charge is 0.337 e. The molecule has 2 aromatic heterocycles. The van der Waals surface area contributed by atoms with Crippen LogP contribution in [0.4, 0.5) is 0 Å². The SMILES string of the molecule is O=C(O)c1ccc2nnc(CC3CCSCC3)n2c1. The van der Waals surface area contributed by atoms with Crippen LogP contribution in [-0.2, 0) is 6.42 Å². The summed E-state index contributed by atoms with van der Waals surface area (Å²) in [6, 6.07) is 3.27. The number of thioether (sulfide) groups is 1. The Morgan fingerprint density at radius 3 is 2.89 bits per heavy atom. The fourth-order valence-corrected chi connectivity index (χ4v) is 3.62. The van der Waals surface area contributed by atoms with Crippen LogP contribution < -0.4 is 0 Å². The van der Waals surface area contributed by atoms with Crippen molar-refractivity contribution in [2.75, 3.05) is 11.5 Å². The summed E-state index contributed by atoms with van der Waals surface area (Å²) in [5.41, 5.74) is 0.984. The van der Waals surface area contributed by atoms with Crippen LogP contribution in [0.3, 0.4) is 0 Å². The summed E-state index contributed by atoms with van der Waals surface area (Å²) in [7, 11) is 0. The molecule has 1 fully saturated rings. The normalized spacial score (nSPS) is 16.8. The number of carboxylic acids is 1. The summed E-state index contributed by atoms with van der Waals surface area (Å²) in [5.74, 6) is 3.01. The van der Waals surface area contributed by atoms with Crippen molar-refractivity contribution in [2.45, 2.75) is 19.3 Å². The fraction of sp³-hybridized carbons (Fsp3) is 0.462. The predicted octanol–water partition coefficient (Wildman–Crippen LogP) is 2.11. The summed E-state index contributed by atoms with van der Waals surface area (Å²) >= 11 is 2.00. The Hall–Kier alpha value is -1.56. The molecule has 19 heavy (non-hydrogen) atoms. The molecule has 1 N–H and O–H groups in total. The molecule has 0 amide bonds. The molecule has 100 valence electrons. The van der Waals surface area contributed by atoms with Crippen molar-refractivity contribution < 1.29 is 9.90 Å².